The summed E-state index contributed by atoms with van der Waals surface area (Å²) in [6.07, 6.45) is 0.128. The maximum Gasteiger partial charge on any atom is 0.263 e. The lowest BCUT2D eigenvalue weighted by molar-refractivity contribution is 0.0658. The van der Waals surface area contributed by atoms with Crippen LogP contribution in [0.25, 0.3) is 0 Å². The van der Waals surface area contributed by atoms with Crippen LogP contribution in [-0.4, -0.2) is 23.3 Å². The lowest BCUT2D eigenvalue weighted by atomic mass is 10.1. The van der Waals surface area contributed by atoms with E-state index in [1.54, 1.807) is 18.2 Å². The first kappa shape index (κ1) is 10.7. The minimum atomic E-state index is -0.416. The summed E-state index contributed by atoms with van der Waals surface area (Å²) in [6.45, 7) is 0.110. The van der Waals surface area contributed by atoms with Crippen molar-refractivity contribution in [3.63, 3.8) is 0 Å². The summed E-state index contributed by atoms with van der Waals surface area (Å²) in [7, 11) is 0. The van der Waals surface area contributed by atoms with Crippen molar-refractivity contribution in [3.05, 3.63) is 34.3 Å². The highest BCUT2D eigenvalue weighted by atomic mass is 35.5. The van der Waals surface area contributed by atoms with E-state index in [-0.39, 0.29) is 29.5 Å². The highest BCUT2D eigenvalue weighted by Gasteiger charge is 2.36. The van der Waals surface area contributed by atoms with Crippen molar-refractivity contribution in [2.75, 3.05) is 6.54 Å². The van der Waals surface area contributed by atoms with Gasteiger partial charge < -0.3 is 0 Å². The highest BCUT2D eigenvalue weighted by molar-refractivity contribution is 6.37. The monoisotopic (exact) mass is 234 g/mol. The average Bonchev–Trinajstić information content (AvgIpc) is 2.51. The summed E-state index contributed by atoms with van der Waals surface area (Å²) < 4.78 is 0. The van der Waals surface area contributed by atoms with Crippen LogP contribution in [0.3, 0.4) is 0 Å². The number of carbonyl (C=O) groups is 2. The molecule has 0 saturated carbocycles. The second-order valence-electron chi connectivity index (χ2n) is 3.33. The number of halogens is 1. The average molecular weight is 235 g/mol. The molecule has 0 saturated heterocycles. The molecular weight excluding hydrogens is 228 g/mol. The van der Waals surface area contributed by atoms with Crippen molar-refractivity contribution < 1.29 is 9.59 Å². The summed E-state index contributed by atoms with van der Waals surface area (Å²) in [5.41, 5.74) is 0.558. The molecule has 4 nitrogen and oxygen atoms in total. The van der Waals surface area contributed by atoms with Crippen LogP contribution >= 0.6 is 11.6 Å². The van der Waals surface area contributed by atoms with Gasteiger partial charge in [0.1, 0.15) is 0 Å². The van der Waals surface area contributed by atoms with Crippen molar-refractivity contribution in [1.29, 1.82) is 5.26 Å². The summed E-state index contributed by atoms with van der Waals surface area (Å²) in [5.74, 6) is -0.793. The maximum atomic E-state index is 11.8. The molecule has 0 unspecified atom stereocenters. The Hall–Kier alpha value is -1.86. The minimum absolute atomic E-state index is 0.110. The van der Waals surface area contributed by atoms with Crippen LogP contribution in [-0.2, 0) is 0 Å². The standard InChI is InChI=1S/C11H7ClN2O2/c12-8-4-1-3-7-9(8)11(16)14(10(7)15)6-2-5-13/h1,3-4H,2,6H2. The molecule has 0 aromatic heterocycles. The number of nitriles is 1. The summed E-state index contributed by atoms with van der Waals surface area (Å²) in [6, 6.07) is 6.66. The maximum absolute atomic E-state index is 11.8. The molecule has 0 aliphatic carbocycles. The number of fused-ring (bicyclic) bond motifs is 1. The molecule has 2 amide bonds. The summed E-state index contributed by atoms with van der Waals surface area (Å²) in [4.78, 5) is 24.7. The van der Waals surface area contributed by atoms with Gasteiger partial charge in [0.15, 0.2) is 0 Å². The smallest absolute Gasteiger partial charge is 0.263 e. The van der Waals surface area contributed by atoms with Gasteiger partial charge in [-0.2, -0.15) is 5.26 Å². The minimum Gasteiger partial charge on any atom is -0.273 e. The number of amides is 2. The predicted octanol–water partition coefficient (Wildman–Crippen LogP) is 1.85. The quantitative estimate of drug-likeness (QED) is 0.734. The molecule has 0 N–H and O–H groups in total. The van der Waals surface area contributed by atoms with Crippen LogP contribution in [0.15, 0.2) is 18.2 Å². The van der Waals surface area contributed by atoms with Crippen LogP contribution < -0.4 is 0 Å². The normalized spacial score (nSPS) is 13.9. The second-order valence-corrected chi connectivity index (χ2v) is 3.74. The lowest BCUT2D eigenvalue weighted by Gasteiger charge is -2.10. The third-order valence-electron chi connectivity index (χ3n) is 2.40. The molecule has 80 valence electrons. The van der Waals surface area contributed by atoms with E-state index in [2.05, 4.69) is 0 Å². The fraction of sp³-hybridized carbons (Fsp3) is 0.182. The summed E-state index contributed by atoms with van der Waals surface area (Å²) in [5, 5.41) is 8.72. The fourth-order valence-corrected chi connectivity index (χ4v) is 1.91. The third kappa shape index (κ3) is 1.46. The van der Waals surface area contributed by atoms with Crippen molar-refractivity contribution in [2.45, 2.75) is 6.42 Å². The van der Waals surface area contributed by atoms with Crippen LogP contribution in [0.2, 0.25) is 5.02 Å². The Morgan fingerprint density at radius 3 is 2.69 bits per heavy atom. The Morgan fingerprint density at radius 2 is 2.06 bits per heavy atom. The Balaban J connectivity index is 2.42. The first-order chi connectivity index (χ1) is 7.66. The molecule has 1 heterocycles. The Labute approximate surface area is 97.0 Å². The van der Waals surface area contributed by atoms with E-state index in [4.69, 9.17) is 16.9 Å². The van der Waals surface area contributed by atoms with Gasteiger partial charge in [0, 0.05) is 6.54 Å². The van der Waals surface area contributed by atoms with Crippen LogP contribution in [0.1, 0.15) is 27.1 Å². The zero-order valence-electron chi connectivity index (χ0n) is 8.24. The number of rotatable bonds is 2. The van der Waals surface area contributed by atoms with E-state index in [0.717, 1.165) is 4.90 Å². The van der Waals surface area contributed by atoms with E-state index in [9.17, 15) is 9.59 Å². The van der Waals surface area contributed by atoms with Crippen molar-refractivity contribution >= 4 is 23.4 Å². The molecule has 1 aromatic rings. The van der Waals surface area contributed by atoms with E-state index in [0.29, 0.717) is 5.56 Å². The lowest BCUT2D eigenvalue weighted by Crippen LogP contribution is -2.30. The molecule has 1 aliphatic heterocycles. The van der Waals surface area contributed by atoms with Gasteiger partial charge in [-0.25, -0.2) is 0 Å². The number of hydrogen-bond donors (Lipinski definition) is 0. The van der Waals surface area contributed by atoms with E-state index in [1.165, 1.54) is 0 Å². The Morgan fingerprint density at radius 1 is 1.31 bits per heavy atom. The van der Waals surface area contributed by atoms with Gasteiger partial charge in [-0.15, -0.1) is 0 Å². The third-order valence-corrected chi connectivity index (χ3v) is 2.71. The number of benzene rings is 1. The fourth-order valence-electron chi connectivity index (χ4n) is 1.66. The first-order valence-electron chi connectivity index (χ1n) is 4.68. The van der Waals surface area contributed by atoms with E-state index in [1.807, 2.05) is 6.07 Å². The SMILES string of the molecule is N#CCCN1C(=O)c2cccc(Cl)c2C1=O. The molecular formula is C11H7ClN2O2. The van der Waals surface area contributed by atoms with Crippen molar-refractivity contribution in [3.8, 4) is 6.07 Å². The van der Waals surface area contributed by atoms with Gasteiger partial charge in [0.25, 0.3) is 11.8 Å². The van der Waals surface area contributed by atoms with Crippen LogP contribution in [0.5, 0.6) is 0 Å². The van der Waals surface area contributed by atoms with Crippen molar-refractivity contribution in [1.82, 2.24) is 4.90 Å². The first-order valence-corrected chi connectivity index (χ1v) is 5.06. The van der Waals surface area contributed by atoms with E-state index < -0.39 is 5.91 Å². The largest absolute Gasteiger partial charge is 0.273 e. The molecule has 2 rings (SSSR count). The number of hydrogen-bond acceptors (Lipinski definition) is 3. The van der Waals surface area contributed by atoms with Gasteiger partial charge in [-0.1, -0.05) is 17.7 Å². The molecule has 5 heteroatoms. The van der Waals surface area contributed by atoms with Crippen molar-refractivity contribution in [2.24, 2.45) is 0 Å². The zero-order chi connectivity index (χ0) is 11.7. The zero-order valence-corrected chi connectivity index (χ0v) is 8.99. The highest BCUT2D eigenvalue weighted by Crippen LogP contribution is 2.28. The van der Waals surface area contributed by atoms with Gasteiger partial charge >= 0.3 is 0 Å². The predicted molar refractivity (Wildman–Crippen MR) is 57.0 cm³/mol. The second kappa shape index (κ2) is 3.95. The molecule has 1 aromatic carbocycles. The van der Waals surface area contributed by atoms with E-state index >= 15 is 0 Å². The van der Waals surface area contributed by atoms with Gasteiger partial charge in [-0.3, -0.25) is 14.5 Å². The summed E-state index contributed by atoms with van der Waals surface area (Å²) >= 11 is 5.86. The Kier molecular flexibility index (Phi) is 2.63. The number of nitrogens with zero attached hydrogens (tertiary/aromatic N) is 2. The molecule has 1 aliphatic rings. The van der Waals surface area contributed by atoms with Crippen LogP contribution in [0.4, 0.5) is 0 Å². The molecule has 0 spiro atoms. The van der Waals surface area contributed by atoms with Crippen LogP contribution in [0, 0.1) is 11.3 Å². The molecule has 0 bridgehead atoms. The molecule has 0 atom stereocenters. The molecule has 0 fully saturated rings. The topological polar surface area (TPSA) is 61.2 Å². The molecule has 16 heavy (non-hydrogen) atoms. The number of imide groups is 1. The van der Waals surface area contributed by atoms with Gasteiger partial charge in [-0.05, 0) is 12.1 Å². The number of carbonyl (C=O) groups excluding carboxylic acids is 2. The van der Waals surface area contributed by atoms with Gasteiger partial charge in [0.2, 0.25) is 0 Å². The van der Waals surface area contributed by atoms with Gasteiger partial charge in [0.05, 0.1) is 28.6 Å². The Bertz CT molecular complexity index is 519. The molecule has 0 radical (unpaired) electrons.